The van der Waals surface area contributed by atoms with Crippen LogP contribution >= 0.6 is 23.2 Å². The molecule has 0 radical (unpaired) electrons. The normalized spacial score (nSPS) is 17.5. The van der Waals surface area contributed by atoms with E-state index in [9.17, 15) is 9.59 Å². The molecule has 1 aliphatic rings. The van der Waals surface area contributed by atoms with Gasteiger partial charge in [0.2, 0.25) is 0 Å². The van der Waals surface area contributed by atoms with Crippen LogP contribution in [0, 0.1) is 5.92 Å². The Bertz CT molecular complexity index is 987. The van der Waals surface area contributed by atoms with E-state index in [1.54, 1.807) is 36.1 Å². The van der Waals surface area contributed by atoms with E-state index in [0.717, 1.165) is 6.08 Å². The molecule has 0 N–H and O–H groups in total. The van der Waals surface area contributed by atoms with Gasteiger partial charge in [-0.15, -0.1) is 0 Å². The minimum Gasteiger partial charge on any atom is -0.475 e. The molecule has 1 atom stereocenters. The molecule has 158 valence electrons. The molecule has 1 aliphatic heterocycles. The number of carbonyl (C=O) groups excluding carboxylic acids is 2. The van der Waals surface area contributed by atoms with Crippen molar-refractivity contribution in [1.29, 1.82) is 0 Å². The van der Waals surface area contributed by atoms with E-state index < -0.39 is 18.0 Å². The highest BCUT2D eigenvalue weighted by atomic mass is 35.5. The van der Waals surface area contributed by atoms with Crippen molar-refractivity contribution in [3.8, 4) is 0 Å². The van der Waals surface area contributed by atoms with Crippen molar-refractivity contribution in [3.05, 3.63) is 75.5 Å². The molecule has 0 aliphatic carbocycles. The summed E-state index contributed by atoms with van der Waals surface area (Å²) in [6, 6.07) is 12.5. The third-order valence-corrected chi connectivity index (χ3v) is 5.11. The summed E-state index contributed by atoms with van der Waals surface area (Å²) in [5, 5.41) is 0.984. The first-order valence-electron chi connectivity index (χ1n) is 9.72. The number of benzene rings is 2. The van der Waals surface area contributed by atoms with Crippen molar-refractivity contribution in [1.82, 2.24) is 0 Å². The second-order valence-electron chi connectivity index (χ2n) is 7.29. The molecule has 5 nitrogen and oxygen atoms in total. The van der Waals surface area contributed by atoms with Crippen LogP contribution in [-0.2, 0) is 19.1 Å². The predicted octanol–water partition coefficient (Wildman–Crippen LogP) is 5.55. The Hall–Kier alpha value is -2.50. The summed E-state index contributed by atoms with van der Waals surface area (Å²) in [6.07, 6.45) is 0.366. The van der Waals surface area contributed by atoms with Crippen molar-refractivity contribution in [3.63, 3.8) is 0 Å². The topological polar surface area (TPSA) is 55.8 Å². The van der Waals surface area contributed by atoms with Crippen LogP contribution in [0.3, 0.4) is 0 Å². The molecule has 7 heteroatoms. The zero-order valence-electron chi connectivity index (χ0n) is 17.0. The van der Waals surface area contributed by atoms with E-state index in [-0.39, 0.29) is 18.3 Å². The summed E-state index contributed by atoms with van der Waals surface area (Å²) in [7, 11) is 0. The average Bonchev–Trinajstić information content (AvgIpc) is 2.79. The second kappa shape index (κ2) is 9.54. The molecular formula is C23H23Cl2NO4. The van der Waals surface area contributed by atoms with Crippen molar-refractivity contribution in [2.75, 3.05) is 18.1 Å². The summed E-state index contributed by atoms with van der Waals surface area (Å²) >= 11 is 12.7. The van der Waals surface area contributed by atoms with Gasteiger partial charge in [-0.2, -0.15) is 0 Å². The number of anilines is 1. The van der Waals surface area contributed by atoms with Gasteiger partial charge in [0.1, 0.15) is 0 Å². The fraction of sp³-hybridized carbons (Fsp3) is 0.304. The smallest absolute Gasteiger partial charge is 0.334 e. The summed E-state index contributed by atoms with van der Waals surface area (Å²) in [6.45, 7) is 6.34. The van der Waals surface area contributed by atoms with Crippen molar-refractivity contribution in [2.45, 2.75) is 26.9 Å². The van der Waals surface area contributed by atoms with Crippen LogP contribution in [0.2, 0.25) is 10.0 Å². The highest BCUT2D eigenvalue weighted by Gasteiger charge is 2.35. The van der Waals surface area contributed by atoms with Gasteiger partial charge in [-0.3, -0.25) is 4.79 Å². The first kappa shape index (κ1) is 22.2. The quantitative estimate of drug-likeness (QED) is 0.445. The molecule has 1 amide bonds. The van der Waals surface area contributed by atoms with E-state index >= 15 is 0 Å². The summed E-state index contributed by atoms with van der Waals surface area (Å²) in [5.74, 6) is -0.994. The van der Waals surface area contributed by atoms with Crippen LogP contribution < -0.4 is 4.90 Å². The van der Waals surface area contributed by atoms with Crippen LogP contribution in [0.25, 0.3) is 0 Å². The van der Waals surface area contributed by atoms with Crippen LogP contribution in [0.1, 0.15) is 38.0 Å². The van der Waals surface area contributed by atoms with Gasteiger partial charge in [0.15, 0.2) is 11.9 Å². The van der Waals surface area contributed by atoms with Crippen LogP contribution in [0.4, 0.5) is 5.69 Å². The third kappa shape index (κ3) is 4.79. The molecule has 0 aromatic heterocycles. The van der Waals surface area contributed by atoms with Crippen molar-refractivity contribution >= 4 is 40.8 Å². The van der Waals surface area contributed by atoms with Crippen molar-refractivity contribution in [2.24, 2.45) is 5.92 Å². The molecule has 2 aromatic carbocycles. The number of hydrogen-bond acceptors (Lipinski definition) is 4. The van der Waals surface area contributed by atoms with Gasteiger partial charge in [0.05, 0.1) is 18.4 Å². The molecule has 30 heavy (non-hydrogen) atoms. The molecule has 3 rings (SSSR count). The van der Waals surface area contributed by atoms with Gasteiger partial charge in [-0.05, 0) is 37.1 Å². The van der Waals surface area contributed by atoms with E-state index in [4.69, 9.17) is 32.7 Å². The standard InChI is InChI=1S/C23H23Cl2NO4/c1-4-29-21(27)12-20-23(28)26(13-14(2)3)19-10-9-15(24)11-17(19)22(30-20)16-7-5-6-8-18(16)25/h5-12,14,22H,4,13H2,1-3H3/b20-12+. The fourth-order valence-electron chi connectivity index (χ4n) is 3.32. The maximum Gasteiger partial charge on any atom is 0.334 e. The summed E-state index contributed by atoms with van der Waals surface area (Å²) in [5.41, 5.74) is 2.02. The Morgan fingerprint density at radius 1 is 1.20 bits per heavy atom. The zero-order valence-corrected chi connectivity index (χ0v) is 18.5. The minimum absolute atomic E-state index is 0.105. The molecule has 0 bridgehead atoms. The number of fused-ring (bicyclic) bond motifs is 1. The number of rotatable bonds is 5. The average molecular weight is 448 g/mol. The lowest BCUT2D eigenvalue weighted by Crippen LogP contribution is -2.35. The SMILES string of the molecule is CCOC(=O)/C=C1/OC(c2ccccc2Cl)c2cc(Cl)ccc2N(CC(C)C)C1=O. The van der Waals surface area contributed by atoms with E-state index in [1.165, 1.54) is 0 Å². The molecule has 0 saturated carbocycles. The Kier molecular flexibility index (Phi) is 7.06. The van der Waals surface area contributed by atoms with Gasteiger partial charge in [0.25, 0.3) is 5.91 Å². The number of nitrogens with zero attached hydrogens (tertiary/aromatic N) is 1. The van der Waals surface area contributed by atoms with Gasteiger partial charge in [-0.1, -0.05) is 55.2 Å². The zero-order chi connectivity index (χ0) is 21.8. The maximum atomic E-state index is 13.4. The third-order valence-electron chi connectivity index (χ3n) is 4.53. The van der Waals surface area contributed by atoms with E-state index in [1.807, 2.05) is 32.0 Å². The van der Waals surface area contributed by atoms with Crippen LogP contribution in [0.15, 0.2) is 54.3 Å². The van der Waals surface area contributed by atoms with Gasteiger partial charge in [-0.25, -0.2) is 4.79 Å². The summed E-state index contributed by atoms with van der Waals surface area (Å²) in [4.78, 5) is 27.1. The predicted molar refractivity (Wildman–Crippen MR) is 118 cm³/mol. The van der Waals surface area contributed by atoms with Gasteiger partial charge >= 0.3 is 5.97 Å². The Balaban J connectivity index is 2.23. The highest BCUT2D eigenvalue weighted by Crippen LogP contribution is 2.42. The molecule has 0 fully saturated rings. The molecule has 1 unspecified atom stereocenters. The first-order valence-corrected chi connectivity index (χ1v) is 10.5. The molecule has 2 aromatic rings. The fourth-order valence-corrected chi connectivity index (χ4v) is 3.73. The van der Waals surface area contributed by atoms with Crippen LogP contribution in [-0.4, -0.2) is 25.0 Å². The van der Waals surface area contributed by atoms with Gasteiger partial charge in [0, 0.05) is 27.7 Å². The largest absolute Gasteiger partial charge is 0.475 e. The number of halogens is 2. The molecule has 0 saturated heterocycles. The number of esters is 1. The monoisotopic (exact) mass is 447 g/mol. The summed E-state index contributed by atoms with van der Waals surface area (Å²) < 4.78 is 11.1. The first-order chi connectivity index (χ1) is 14.3. The second-order valence-corrected chi connectivity index (χ2v) is 8.14. The number of ether oxygens (including phenoxy) is 2. The molecule has 0 spiro atoms. The maximum absolute atomic E-state index is 13.4. The lowest BCUT2D eigenvalue weighted by Gasteiger charge is -2.25. The molecule has 1 heterocycles. The van der Waals surface area contributed by atoms with Gasteiger partial charge < -0.3 is 14.4 Å². The van der Waals surface area contributed by atoms with Crippen molar-refractivity contribution < 1.29 is 19.1 Å². The highest BCUT2D eigenvalue weighted by molar-refractivity contribution is 6.31. The Morgan fingerprint density at radius 3 is 2.60 bits per heavy atom. The van der Waals surface area contributed by atoms with E-state index in [2.05, 4.69) is 0 Å². The Morgan fingerprint density at radius 2 is 1.93 bits per heavy atom. The number of carbonyl (C=O) groups is 2. The number of hydrogen-bond donors (Lipinski definition) is 0. The number of amides is 1. The van der Waals surface area contributed by atoms with Crippen LogP contribution in [0.5, 0.6) is 0 Å². The lowest BCUT2D eigenvalue weighted by molar-refractivity contribution is -0.138. The Labute approximate surface area is 186 Å². The lowest BCUT2D eigenvalue weighted by atomic mass is 9.99. The molecular weight excluding hydrogens is 425 g/mol. The minimum atomic E-state index is -0.728. The van der Waals surface area contributed by atoms with E-state index in [0.29, 0.717) is 33.4 Å².